The van der Waals surface area contributed by atoms with Gasteiger partial charge in [0.1, 0.15) is 5.75 Å². The highest BCUT2D eigenvalue weighted by atomic mass is 32.1. The molecule has 4 nitrogen and oxygen atoms in total. The molecule has 0 unspecified atom stereocenters. The van der Waals surface area contributed by atoms with Crippen LogP contribution < -0.4 is 10.1 Å². The van der Waals surface area contributed by atoms with Gasteiger partial charge in [0.05, 0.1) is 12.7 Å². The molecule has 2 aromatic heterocycles. The monoisotopic (exact) mass is 262 g/mol. The lowest BCUT2D eigenvalue weighted by molar-refractivity contribution is -0.123. The summed E-state index contributed by atoms with van der Waals surface area (Å²) in [5.74, 6) is 0.468. The Morgan fingerprint density at radius 1 is 1.44 bits per heavy atom. The number of carbonyl (C=O) groups is 1. The SMILES string of the molecule is Cc1ccc(OCC(=O)NCc2cccs2)cn1. The Morgan fingerprint density at radius 2 is 2.33 bits per heavy atom. The number of ether oxygens (including phenoxy) is 1. The van der Waals surface area contributed by atoms with Crippen molar-refractivity contribution in [2.75, 3.05) is 6.61 Å². The predicted octanol–water partition coefficient (Wildman–Crippen LogP) is 2.15. The molecule has 0 fully saturated rings. The first-order valence-electron chi connectivity index (χ1n) is 5.58. The summed E-state index contributed by atoms with van der Waals surface area (Å²) in [5, 5.41) is 4.77. The molecule has 0 saturated carbocycles. The maximum Gasteiger partial charge on any atom is 0.258 e. The summed E-state index contributed by atoms with van der Waals surface area (Å²) < 4.78 is 5.32. The van der Waals surface area contributed by atoms with Crippen molar-refractivity contribution in [3.63, 3.8) is 0 Å². The normalized spacial score (nSPS) is 10.1. The molecule has 0 atom stereocenters. The molecule has 18 heavy (non-hydrogen) atoms. The van der Waals surface area contributed by atoms with Crippen LogP contribution in [0.5, 0.6) is 5.75 Å². The molecule has 2 heterocycles. The molecular weight excluding hydrogens is 248 g/mol. The van der Waals surface area contributed by atoms with E-state index in [1.54, 1.807) is 23.6 Å². The van der Waals surface area contributed by atoms with E-state index in [9.17, 15) is 4.79 Å². The third kappa shape index (κ3) is 3.85. The lowest BCUT2D eigenvalue weighted by Gasteiger charge is -2.06. The first kappa shape index (κ1) is 12.6. The summed E-state index contributed by atoms with van der Waals surface area (Å²) in [6.07, 6.45) is 1.61. The number of amides is 1. The van der Waals surface area contributed by atoms with Crippen molar-refractivity contribution in [1.29, 1.82) is 0 Å². The molecule has 0 bridgehead atoms. The minimum Gasteiger partial charge on any atom is -0.482 e. The zero-order valence-corrected chi connectivity index (χ0v) is 10.9. The lowest BCUT2D eigenvalue weighted by atomic mass is 10.4. The Balaban J connectivity index is 1.73. The fraction of sp³-hybridized carbons (Fsp3) is 0.231. The van der Waals surface area contributed by atoms with Gasteiger partial charge in [-0.1, -0.05) is 6.07 Å². The molecule has 5 heteroatoms. The van der Waals surface area contributed by atoms with E-state index >= 15 is 0 Å². The molecule has 0 aliphatic carbocycles. The fourth-order valence-electron chi connectivity index (χ4n) is 1.34. The number of thiophene rings is 1. The second-order valence-corrected chi connectivity index (χ2v) is 4.81. The second kappa shape index (κ2) is 6.16. The molecule has 2 rings (SSSR count). The molecule has 0 radical (unpaired) electrons. The van der Waals surface area contributed by atoms with Gasteiger partial charge in [0.2, 0.25) is 0 Å². The highest BCUT2D eigenvalue weighted by Crippen LogP contribution is 2.09. The second-order valence-electron chi connectivity index (χ2n) is 3.78. The fourth-order valence-corrected chi connectivity index (χ4v) is 1.98. The average molecular weight is 262 g/mol. The van der Waals surface area contributed by atoms with Gasteiger partial charge in [-0.25, -0.2) is 0 Å². The number of nitrogens with zero attached hydrogens (tertiary/aromatic N) is 1. The first-order chi connectivity index (χ1) is 8.74. The molecule has 0 saturated heterocycles. The van der Waals surface area contributed by atoms with Crippen molar-refractivity contribution in [3.05, 3.63) is 46.4 Å². The minimum atomic E-state index is -0.135. The van der Waals surface area contributed by atoms with E-state index in [1.165, 1.54) is 0 Å². The maximum atomic E-state index is 11.5. The van der Waals surface area contributed by atoms with E-state index in [-0.39, 0.29) is 12.5 Å². The van der Waals surface area contributed by atoms with E-state index in [2.05, 4.69) is 10.3 Å². The van der Waals surface area contributed by atoms with Crippen LogP contribution in [0.4, 0.5) is 0 Å². The smallest absolute Gasteiger partial charge is 0.258 e. The van der Waals surface area contributed by atoms with Crippen LogP contribution in [0.1, 0.15) is 10.6 Å². The molecule has 0 spiro atoms. The van der Waals surface area contributed by atoms with Crippen LogP contribution in [-0.4, -0.2) is 17.5 Å². The van der Waals surface area contributed by atoms with Gasteiger partial charge in [-0.2, -0.15) is 0 Å². The molecule has 1 amide bonds. The van der Waals surface area contributed by atoms with Crippen LogP contribution in [0.25, 0.3) is 0 Å². The van der Waals surface area contributed by atoms with E-state index in [1.807, 2.05) is 30.5 Å². The van der Waals surface area contributed by atoms with Crippen molar-refractivity contribution in [2.45, 2.75) is 13.5 Å². The molecule has 0 aliphatic heterocycles. The van der Waals surface area contributed by atoms with Crippen molar-refractivity contribution < 1.29 is 9.53 Å². The Labute approximate surface area is 110 Å². The van der Waals surface area contributed by atoms with Gasteiger partial charge in [0.25, 0.3) is 5.91 Å². The Bertz CT molecular complexity index is 494. The Hall–Kier alpha value is -1.88. The standard InChI is InChI=1S/C13H14N2O2S/c1-10-4-5-11(7-14-10)17-9-13(16)15-8-12-3-2-6-18-12/h2-7H,8-9H2,1H3,(H,15,16). The molecule has 2 aromatic rings. The van der Waals surface area contributed by atoms with Gasteiger partial charge in [-0.3, -0.25) is 9.78 Å². The third-order valence-electron chi connectivity index (χ3n) is 2.29. The summed E-state index contributed by atoms with van der Waals surface area (Å²) >= 11 is 1.62. The largest absolute Gasteiger partial charge is 0.482 e. The highest BCUT2D eigenvalue weighted by molar-refractivity contribution is 7.09. The van der Waals surface area contributed by atoms with Crippen molar-refractivity contribution >= 4 is 17.2 Å². The third-order valence-corrected chi connectivity index (χ3v) is 3.17. The van der Waals surface area contributed by atoms with Crippen LogP contribution in [0.2, 0.25) is 0 Å². The number of hydrogen-bond donors (Lipinski definition) is 1. The zero-order valence-electron chi connectivity index (χ0n) is 10.1. The van der Waals surface area contributed by atoms with Gasteiger partial charge >= 0.3 is 0 Å². The number of nitrogens with one attached hydrogen (secondary N) is 1. The summed E-state index contributed by atoms with van der Waals surface area (Å²) in [7, 11) is 0. The maximum absolute atomic E-state index is 11.5. The van der Waals surface area contributed by atoms with E-state index in [4.69, 9.17) is 4.74 Å². The van der Waals surface area contributed by atoms with Crippen LogP contribution >= 0.6 is 11.3 Å². The van der Waals surface area contributed by atoms with E-state index in [0.717, 1.165) is 10.6 Å². The lowest BCUT2D eigenvalue weighted by Crippen LogP contribution is -2.28. The van der Waals surface area contributed by atoms with Gasteiger partial charge in [-0.05, 0) is 30.5 Å². The molecule has 94 valence electrons. The number of aryl methyl sites for hydroxylation is 1. The summed E-state index contributed by atoms with van der Waals surface area (Å²) in [6, 6.07) is 7.59. The van der Waals surface area contributed by atoms with Gasteiger partial charge < -0.3 is 10.1 Å². The van der Waals surface area contributed by atoms with Crippen molar-refractivity contribution in [1.82, 2.24) is 10.3 Å². The number of hydrogen-bond acceptors (Lipinski definition) is 4. The van der Waals surface area contributed by atoms with Gasteiger partial charge in [-0.15, -0.1) is 11.3 Å². The van der Waals surface area contributed by atoms with Crippen LogP contribution in [0.15, 0.2) is 35.8 Å². The van der Waals surface area contributed by atoms with Gasteiger partial charge in [0.15, 0.2) is 6.61 Å². The van der Waals surface area contributed by atoms with Crippen LogP contribution in [0, 0.1) is 6.92 Å². The Morgan fingerprint density at radius 3 is 3.00 bits per heavy atom. The van der Waals surface area contributed by atoms with Crippen LogP contribution in [-0.2, 0) is 11.3 Å². The van der Waals surface area contributed by atoms with Crippen LogP contribution in [0.3, 0.4) is 0 Å². The van der Waals surface area contributed by atoms with E-state index in [0.29, 0.717) is 12.3 Å². The molecule has 1 N–H and O–H groups in total. The molecular formula is C13H14N2O2S. The van der Waals surface area contributed by atoms with Gasteiger partial charge in [0, 0.05) is 10.6 Å². The predicted molar refractivity (Wildman–Crippen MR) is 70.6 cm³/mol. The summed E-state index contributed by atoms with van der Waals surface area (Å²) in [4.78, 5) is 16.7. The number of aromatic nitrogens is 1. The average Bonchev–Trinajstić information content (AvgIpc) is 2.89. The van der Waals surface area contributed by atoms with Crippen molar-refractivity contribution in [3.8, 4) is 5.75 Å². The topological polar surface area (TPSA) is 51.2 Å². The zero-order chi connectivity index (χ0) is 12.8. The van der Waals surface area contributed by atoms with E-state index < -0.39 is 0 Å². The summed E-state index contributed by atoms with van der Waals surface area (Å²) in [6.45, 7) is 2.46. The minimum absolute atomic E-state index is 0.0100. The molecule has 0 aliphatic rings. The van der Waals surface area contributed by atoms with Crippen molar-refractivity contribution in [2.24, 2.45) is 0 Å². The molecule has 0 aromatic carbocycles. The Kier molecular flexibility index (Phi) is 4.30. The number of pyridine rings is 1. The first-order valence-corrected chi connectivity index (χ1v) is 6.46. The quantitative estimate of drug-likeness (QED) is 0.898. The number of rotatable bonds is 5. The highest BCUT2D eigenvalue weighted by Gasteiger charge is 2.03. The number of carbonyl (C=O) groups excluding carboxylic acids is 1. The summed E-state index contributed by atoms with van der Waals surface area (Å²) in [5.41, 5.74) is 0.921.